The fraction of sp³-hybridized carbons (Fsp3) is 0.278. The van der Waals surface area contributed by atoms with Gasteiger partial charge in [-0.2, -0.15) is 8.78 Å². The summed E-state index contributed by atoms with van der Waals surface area (Å²) in [6.45, 7) is 1.69. The first-order valence-electron chi connectivity index (χ1n) is 7.88. The molecule has 1 atom stereocenters. The molecule has 0 aliphatic heterocycles. The normalized spacial score (nSPS) is 11.8. The van der Waals surface area contributed by atoms with Crippen molar-refractivity contribution in [2.24, 2.45) is 0 Å². The predicted molar refractivity (Wildman–Crippen MR) is 95.3 cm³/mol. The third-order valence-electron chi connectivity index (χ3n) is 3.52. The van der Waals surface area contributed by atoms with Gasteiger partial charge >= 0.3 is 12.6 Å². The Morgan fingerprint density at radius 2 is 1.89 bits per heavy atom. The van der Waals surface area contributed by atoms with E-state index in [0.717, 1.165) is 0 Å². The molecule has 0 radical (unpaired) electrons. The van der Waals surface area contributed by atoms with Gasteiger partial charge in [0.05, 0.1) is 11.3 Å². The zero-order valence-corrected chi connectivity index (χ0v) is 15.5. The van der Waals surface area contributed by atoms with Gasteiger partial charge < -0.3 is 14.8 Å². The summed E-state index contributed by atoms with van der Waals surface area (Å²) in [5, 5.41) is 2.36. The van der Waals surface area contributed by atoms with Crippen LogP contribution in [-0.4, -0.2) is 29.6 Å². The van der Waals surface area contributed by atoms with Crippen LogP contribution in [0.15, 0.2) is 30.3 Å². The quantitative estimate of drug-likeness (QED) is 0.584. The molecule has 2 aromatic rings. The molecule has 0 aliphatic rings. The van der Waals surface area contributed by atoms with Gasteiger partial charge in [0.15, 0.2) is 6.10 Å². The minimum atomic E-state index is -3.04. The fourth-order valence-electron chi connectivity index (χ4n) is 2.31. The van der Waals surface area contributed by atoms with E-state index in [1.165, 1.54) is 31.2 Å². The second kappa shape index (κ2) is 8.77. The number of benzene rings is 1. The Morgan fingerprint density at radius 1 is 1.22 bits per heavy atom. The Bertz CT molecular complexity index is 838. The van der Waals surface area contributed by atoms with Gasteiger partial charge in [-0.1, -0.05) is 23.7 Å². The number of aryl methyl sites for hydroxylation is 2. The highest BCUT2D eigenvalue weighted by Gasteiger charge is 2.24. The molecule has 9 heteroatoms. The van der Waals surface area contributed by atoms with Crippen LogP contribution in [0.3, 0.4) is 0 Å². The summed E-state index contributed by atoms with van der Waals surface area (Å²) in [5.74, 6) is -1.74. The van der Waals surface area contributed by atoms with Gasteiger partial charge in [0, 0.05) is 5.69 Å². The monoisotopic (exact) mass is 398 g/mol. The summed E-state index contributed by atoms with van der Waals surface area (Å²) in [4.78, 5) is 28.6. The lowest BCUT2D eigenvalue weighted by Crippen LogP contribution is -2.30. The number of para-hydroxylation sites is 2. The largest absolute Gasteiger partial charge is 0.449 e. The van der Waals surface area contributed by atoms with E-state index in [1.54, 1.807) is 19.9 Å². The number of hydrogen-bond donors (Lipinski definition) is 1. The van der Waals surface area contributed by atoms with Crippen molar-refractivity contribution < 1.29 is 27.8 Å². The van der Waals surface area contributed by atoms with Gasteiger partial charge in [0.25, 0.3) is 5.91 Å². The zero-order valence-electron chi connectivity index (χ0n) is 14.8. The van der Waals surface area contributed by atoms with E-state index in [4.69, 9.17) is 16.3 Å². The number of esters is 1. The van der Waals surface area contributed by atoms with Gasteiger partial charge in [-0.05, 0) is 44.5 Å². The van der Waals surface area contributed by atoms with E-state index in [1.807, 2.05) is 0 Å². The van der Waals surface area contributed by atoms with E-state index < -0.39 is 24.6 Å². The van der Waals surface area contributed by atoms with Crippen LogP contribution in [0, 0.1) is 13.8 Å². The van der Waals surface area contributed by atoms with E-state index in [-0.39, 0.29) is 22.2 Å². The van der Waals surface area contributed by atoms with Gasteiger partial charge in [-0.15, -0.1) is 0 Å². The number of amides is 1. The first kappa shape index (κ1) is 20.6. The summed E-state index contributed by atoms with van der Waals surface area (Å²) < 4.78 is 34.3. The van der Waals surface area contributed by atoms with E-state index >= 15 is 0 Å². The molecule has 1 heterocycles. The number of rotatable bonds is 6. The Labute approximate surface area is 159 Å². The van der Waals surface area contributed by atoms with Crippen LogP contribution in [0.1, 0.15) is 28.5 Å². The van der Waals surface area contributed by atoms with Crippen LogP contribution in [0.25, 0.3) is 0 Å². The average molecular weight is 399 g/mol. The van der Waals surface area contributed by atoms with Gasteiger partial charge in [0.2, 0.25) is 0 Å². The Balaban J connectivity index is 2.10. The second-order valence-corrected chi connectivity index (χ2v) is 6.02. The molecule has 1 aromatic heterocycles. The zero-order chi connectivity index (χ0) is 20.1. The van der Waals surface area contributed by atoms with Crippen molar-refractivity contribution in [3.05, 3.63) is 52.3 Å². The number of carbonyl (C=O) groups is 2. The van der Waals surface area contributed by atoms with E-state index in [9.17, 15) is 18.4 Å². The van der Waals surface area contributed by atoms with Crippen LogP contribution >= 0.6 is 11.6 Å². The van der Waals surface area contributed by atoms with Crippen molar-refractivity contribution in [3.8, 4) is 5.75 Å². The number of alkyl halides is 2. The van der Waals surface area contributed by atoms with Crippen LogP contribution in [0.4, 0.5) is 14.5 Å². The highest BCUT2D eigenvalue weighted by Crippen LogP contribution is 2.26. The number of nitrogens with one attached hydrogen (secondary N) is 1. The van der Waals surface area contributed by atoms with E-state index in [0.29, 0.717) is 11.3 Å². The maximum Gasteiger partial charge on any atom is 0.387 e. The molecule has 0 unspecified atom stereocenters. The third-order valence-corrected chi connectivity index (χ3v) is 3.79. The molecule has 1 amide bonds. The van der Waals surface area contributed by atoms with Crippen LogP contribution in [0.5, 0.6) is 5.75 Å². The van der Waals surface area contributed by atoms with Crippen molar-refractivity contribution in [2.45, 2.75) is 33.5 Å². The van der Waals surface area contributed by atoms with Crippen molar-refractivity contribution in [3.63, 3.8) is 0 Å². The second-order valence-electron chi connectivity index (χ2n) is 5.66. The first-order chi connectivity index (χ1) is 12.7. The molecular weight excluding hydrogens is 382 g/mol. The smallest absolute Gasteiger partial charge is 0.387 e. The van der Waals surface area contributed by atoms with Gasteiger partial charge in [-0.3, -0.25) is 4.79 Å². The van der Waals surface area contributed by atoms with Crippen molar-refractivity contribution >= 4 is 29.2 Å². The molecule has 1 N–H and O–H groups in total. The number of hydrogen-bond acceptors (Lipinski definition) is 5. The Hall–Kier alpha value is -2.74. The number of halogens is 3. The SMILES string of the molecule is Cc1cc(C)c(C(=O)O[C@@H](C)C(=O)Nc2ccccc2OC(F)F)c(Cl)n1. The first-order valence-corrected chi connectivity index (χ1v) is 8.26. The molecule has 0 saturated heterocycles. The van der Waals surface area contributed by atoms with Crippen LogP contribution in [0.2, 0.25) is 5.15 Å². The number of ether oxygens (including phenoxy) is 2. The van der Waals surface area contributed by atoms with Crippen LogP contribution < -0.4 is 10.1 Å². The number of pyridine rings is 1. The molecule has 0 fully saturated rings. The number of carbonyl (C=O) groups excluding carboxylic acids is 2. The minimum absolute atomic E-state index is 0.0249. The predicted octanol–water partition coefficient (Wildman–Crippen LogP) is 4.14. The number of aromatic nitrogens is 1. The van der Waals surface area contributed by atoms with Crippen molar-refractivity contribution in [1.82, 2.24) is 4.98 Å². The molecule has 27 heavy (non-hydrogen) atoms. The average Bonchev–Trinajstić information content (AvgIpc) is 2.55. The summed E-state index contributed by atoms with van der Waals surface area (Å²) in [6.07, 6.45) is -1.21. The highest BCUT2D eigenvalue weighted by molar-refractivity contribution is 6.32. The summed E-state index contributed by atoms with van der Waals surface area (Å²) in [5.41, 5.74) is 1.27. The van der Waals surface area contributed by atoms with E-state index in [2.05, 4.69) is 15.0 Å². The molecule has 0 spiro atoms. The molecule has 0 saturated carbocycles. The summed E-state index contributed by atoms with van der Waals surface area (Å²) in [6, 6.07) is 7.33. The molecule has 2 rings (SSSR count). The molecule has 144 valence electrons. The van der Waals surface area contributed by atoms with Crippen molar-refractivity contribution in [1.29, 1.82) is 0 Å². The third kappa shape index (κ3) is 5.37. The maximum atomic E-state index is 12.4. The maximum absolute atomic E-state index is 12.4. The van der Waals surface area contributed by atoms with Crippen LogP contribution in [-0.2, 0) is 9.53 Å². The molecule has 1 aromatic carbocycles. The minimum Gasteiger partial charge on any atom is -0.449 e. The lowest BCUT2D eigenvalue weighted by Gasteiger charge is -2.16. The topological polar surface area (TPSA) is 77.5 Å². The highest BCUT2D eigenvalue weighted by atomic mass is 35.5. The molecule has 0 bridgehead atoms. The lowest BCUT2D eigenvalue weighted by atomic mass is 10.1. The fourth-order valence-corrected chi connectivity index (χ4v) is 2.67. The Morgan fingerprint density at radius 3 is 2.52 bits per heavy atom. The molecule has 0 aliphatic carbocycles. The molecule has 6 nitrogen and oxygen atoms in total. The standard InChI is InChI=1S/C18H17ClF2N2O4/c1-9-8-10(2)22-15(19)14(9)17(25)26-11(3)16(24)23-12-6-4-5-7-13(12)27-18(20)21/h4-8,11,18H,1-3H3,(H,23,24)/t11-/m0/s1. The number of nitrogens with zero attached hydrogens (tertiary/aromatic N) is 1. The van der Waals surface area contributed by atoms with Gasteiger partial charge in [-0.25, -0.2) is 9.78 Å². The summed E-state index contributed by atoms with van der Waals surface area (Å²) >= 11 is 5.99. The van der Waals surface area contributed by atoms with Gasteiger partial charge in [0.1, 0.15) is 10.9 Å². The molecular formula is C18H17ClF2N2O4. The number of anilines is 1. The lowest BCUT2D eigenvalue weighted by molar-refractivity contribution is -0.123. The Kier molecular flexibility index (Phi) is 6.68. The van der Waals surface area contributed by atoms with Crippen molar-refractivity contribution in [2.75, 3.05) is 5.32 Å². The summed E-state index contributed by atoms with van der Waals surface area (Å²) in [7, 11) is 0.